The lowest BCUT2D eigenvalue weighted by atomic mass is 10.1. The maximum atomic E-state index is 13.1. The fourth-order valence-corrected chi connectivity index (χ4v) is 3.25. The van der Waals surface area contributed by atoms with Crippen molar-refractivity contribution >= 4 is 22.5 Å². The van der Waals surface area contributed by atoms with Crippen molar-refractivity contribution in [3.63, 3.8) is 0 Å². The minimum Gasteiger partial charge on any atom is -0.493 e. The van der Waals surface area contributed by atoms with Crippen LogP contribution in [-0.2, 0) is 6.54 Å². The summed E-state index contributed by atoms with van der Waals surface area (Å²) in [6.45, 7) is 0.896. The number of hydrogen-bond donors (Lipinski definition) is 1. The average Bonchev–Trinajstić information content (AvgIpc) is 2.71. The third kappa shape index (κ3) is 3.63. The SMILES string of the molecule is COc1cc(-c2nc3cc(Cl)ccc3c(=O)n2CCCN)cc(OC)c1OC. The maximum absolute atomic E-state index is 13.1. The zero-order chi connectivity index (χ0) is 20.3. The Hall–Kier alpha value is -2.77. The van der Waals surface area contributed by atoms with Crippen molar-refractivity contribution in [3.8, 4) is 28.6 Å². The summed E-state index contributed by atoms with van der Waals surface area (Å²) < 4.78 is 17.9. The normalized spacial score (nSPS) is 10.9. The van der Waals surface area contributed by atoms with E-state index in [1.165, 1.54) is 21.3 Å². The minimum atomic E-state index is -0.154. The molecule has 0 fully saturated rings. The molecular formula is C20H22ClN3O4. The van der Waals surface area contributed by atoms with Crippen LogP contribution in [0.1, 0.15) is 6.42 Å². The minimum absolute atomic E-state index is 0.154. The van der Waals surface area contributed by atoms with Gasteiger partial charge in [0.25, 0.3) is 5.56 Å². The molecule has 0 aliphatic carbocycles. The van der Waals surface area contributed by atoms with Gasteiger partial charge in [0.05, 0.1) is 32.2 Å². The van der Waals surface area contributed by atoms with Crippen LogP contribution in [0.5, 0.6) is 17.2 Å². The molecule has 7 nitrogen and oxygen atoms in total. The summed E-state index contributed by atoms with van der Waals surface area (Å²) in [7, 11) is 4.61. The zero-order valence-corrected chi connectivity index (χ0v) is 16.7. The molecule has 28 heavy (non-hydrogen) atoms. The van der Waals surface area contributed by atoms with Gasteiger partial charge in [-0.3, -0.25) is 9.36 Å². The summed E-state index contributed by atoms with van der Waals surface area (Å²) in [6, 6.07) is 8.56. The van der Waals surface area contributed by atoms with Crippen LogP contribution < -0.4 is 25.5 Å². The van der Waals surface area contributed by atoms with Gasteiger partial charge >= 0.3 is 0 Å². The summed E-state index contributed by atoms with van der Waals surface area (Å²) in [5, 5.41) is 1.01. The Balaban J connectivity index is 2.33. The number of nitrogens with zero attached hydrogens (tertiary/aromatic N) is 2. The first kappa shape index (κ1) is 20.0. The van der Waals surface area contributed by atoms with Gasteiger partial charge in [-0.1, -0.05) is 11.6 Å². The Morgan fingerprint density at radius 2 is 1.75 bits per heavy atom. The predicted molar refractivity (Wildman–Crippen MR) is 110 cm³/mol. The molecule has 1 aromatic heterocycles. The molecule has 0 aliphatic rings. The summed E-state index contributed by atoms with van der Waals surface area (Å²) >= 11 is 6.11. The molecule has 1 heterocycles. The molecule has 2 N–H and O–H groups in total. The number of aromatic nitrogens is 2. The quantitative estimate of drug-likeness (QED) is 0.652. The number of rotatable bonds is 7. The van der Waals surface area contributed by atoms with Gasteiger partial charge in [-0.25, -0.2) is 4.98 Å². The maximum Gasteiger partial charge on any atom is 0.261 e. The molecule has 0 unspecified atom stereocenters. The van der Waals surface area contributed by atoms with Gasteiger partial charge in [0, 0.05) is 17.1 Å². The fraction of sp³-hybridized carbons (Fsp3) is 0.300. The van der Waals surface area contributed by atoms with Gasteiger partial charge in [-0.2, -0.15) is 0 Å². The Bertz CT molecular complexity index is 1040. The third-order valence-electron chi connectivity index (χ3n) is 4.43. The molecule has 0 saturated heterocycles. The Kier molecular flexibility index (Phi) is 6.06. The Labute approximate surface area is 167 Å². The van der Waals surface area contributed by atoms with Crippen molar-refractivity contribution in [3.05, 3.63) is 45.7 Å². The van der Waals surface area contributed by atoms with Crippen molar-refractivity contribution in [1.29, 1.82) is 0 Å². The van der Waals surface area contributed by atoms with Gasteiger partial charge in [0.1, 0.15) is 5.82 Å². The van der Waals surface area contributed by atoms with Crippen molar-refractivity contribution in [2.24, 2.45) is 5.73 Å². The van der Waals surface area contributed by atoms with E-state index >= 15 is 0 Å². The smallest absolute Gasteiger partial charge is 0.261 e. The zero-order valence-electron chi connectivity index (χ0n) is 16.0. The molecule has 0 spiro atoms. The number of ether oxygens (including phenoxy) is 3. The van der Waals surface area contributed by atoms with E-state index in [-0.39, 0.29) is 5.56 Å². The predicted octanol–water partition coefficient (Wildman–Crippen LogP) is 3.09. The molecule has 0 radical (unpaired) electrons. The van der Waals surface area contributed by atoms with E-state index in [1.54, 1.807) is 34.9 Å². The van der Waals surface area contributed by atoms with Crippen LogP contribution in [0, 0.1) is 0 Å². The average molecular weight is 404 g/mol. The largest absolute Gasteiger partial charge is 0.493 e. The van der Waals surface area contributed by atoms with Gasteiger partial charge in [0.2, 0.25) is 5.75 Å². The molecule has 3 aromatic rings. The first-order valence-corrected chi connectivity index (χ1v) is 9.12. The summed E-state index contributed by atoms with van der Waals surface area (Å²) in [5.74, 6) is 1.89. The van der Waals surface area contributed by atoms with Crippen LogP contribution in [0.3, 0.4) is 0 Å². The molecule has 0 aliphatic heterocycles. The van der Waals surface area contributed by atoms with Gasteiger partial charge in [-0.15, -0.1) is 0 Å². The highest BCUT2D eigenvalue weighted by molar-refractivity contribution is 6.31. The van der Waals surface area contributed by atoms with E-state index in [4.69, 9.17) is 36.5 Å². The fourth-order valence-electron chi connectivity index (χ4n) is 3.08. The molecule has 0 atom stereocenters. The first-order chi connectivity index (χ1) is 13.5. The lowest BCUT2D eigenvalue weighted by Gasteiger charge is -2.17. The van der Waals surface area contributed by atoms with Gasteiger partial charge in [-0.05, 0) is 43.3 Å². The molecule has 3 rings (SSSR count). The van der Waals surface area contributed by atoms with E-state index in [9.17, 15) is 4.79 Å². The second-order valence-corrected chi connectivity index (χ2v) is 6.55. The van der Waals surface area contributed by atoms with E-state index < -0.39 is 0 Å². The van der Waals surface area contributed by atoms with Crippen molar-refractivity contribution in [2.45, 2.75) is 13.0 Å². The van der Waals surface area contributed by atoms with Crippen LogP contribution >= 0.6 is 11.6 Å². The number of benzene rings is 2. The number of hydrogen-bond acceptors (Lipinski definition) is 6. The van der Waals surface area contributed by atoms with Crippen LogP contribution in [0.25, 0.3) is 22.3 Å². The van der Waals surface area contributed by atoms with Crippen LogP contribution in [-0.4, -0.2) is 37.4 Å². The Morgan fingerprint density at radius 1 is 1.07 bits per heavy atom. The highest BCUT2D eigenvalue weighted by atomic mass is 35.5. The Morgan fingerprint density at radius 3 is 2.32 bits per heavy atom. The lowest BCUT2D eigenvalue weighted by molar-refractivity contribution is 0.324. The molecule has 2 aromatic carbocycles. The van der Waals surface area contributed by atoms with Crippen LogP contribution in [0.4, 0.5) is 0 Å². The van der Waals surface area contributed by atoms with E-state index in [2.05, 4.69) is 0 Å². The number of nitrogens with two attached hydrogens (primary N) is 1. The molecular weight excluding hydrogens is 382 g/mol. The first-order valence-electron chi connectivity index (χ1n) is 8.74. The van der Waals surface area contributed by atoms with Crippen LogP contribution in [0.15, 0.2) is 35.1 Å². The third-order valence-corrected chi connectivity index (χ3v) is 4.66. The number of methoxy groups -OCH3 is 3. The van der Waals surface area contributed by atoms with E-state index in [0.29, 0.717) is 64.1 Å². The molecule has 148 valence electrons. The highest BCUT2D eigenvalue weighted by Gasteiger charge is 2.19. The second kappa shape index (κ2) is 8.50. The molecule has 0 bridgehead atoms. The van der Waals surface area contributed by atoms with E-state index in [0.717, 1.165) is 0 Å². The summed E-state index contributed by atoms with van der Waals surface area (Å²) in [6.07, 6.45) is 0.637. The van der Waals surface area contributed by atoms with Crippen molar-refractivity contribution in [2.75, 3.05) is 27.9 Å². The topological polar surface area (TPSA) is 88.6 Å². The lowest BCUT2D eigenvalue weighted by Crippen LogP contribution is -2.24. The number of fused-ring (bicyclic) bond motifs is 1. The van der Waals surface area contributed by atoms with Crippen molar-refractivity contribution < 1.29 is 14.2 Å². The summed E-state index contributed by atoms with van der Waals surface area (Å²) in [4.78, 5) is 17.8. The van der Waals surface area contributed by atoms with Crippen molar-refractivity contribution in [1.82, 2.24) is 9.55 Å². The molecule has 8 heteroatoms. The van der Waals surface area contributed by atoms with E-state index in [1.807, 2.05) is 0 Å². The monoisotopic (exact) mass is 403 g/mol. The second-order valence-electron chi connectivity index (χ2n) is 6.11. The van der Waals surface area contributed by atoms with Crippen LogP contribution in [0.2, 0.25) is 5.02 Å². The van der Waals surface area contributed by atoms with Gasteiger partial charge < -0.3 is 19.9 Å². The standard InChI is InChI=1S/C20H22ClN3O4/c1-26-16-9-12(10-17(27-2)18(16)28-3)19-23-15-11-13(21)5-6-14(15)20(25)24(19)8-4-7-22/h5-6,9-11H,4,7-8,22H2,1-3H3. The highest BCUT2D eigenvalue weighted by Crippen LogP contribution is 2.40. The summed E-state index contributed by atoms with van der Waals surface area (Å²) in [5.41, 5.74) is 6.69. The molecule has 0 amide bonds. The van der Waals surface area contributed by atoms with Gasteiger partial charge in [0.15, 0.2) is 11.5 Å². The number of halogens is 1. The molecule has 0 saturated carbocycles.